The highest BCUT2D eigenvalue weighted by Crippen LogP contribution is 2.32. The number of benzene rings is 1. The van der Waals surface area contributed by atoms with Crippen molar-refractivity contribution in [2.75, 3.05) is 12.3 Å². The summed E-state index contributed by atoms with van der Waals surface area (Å²) >= 11 is 5.52. The predicted molar refractivity (Wildman–Crippen MR) is 88.9 cm³/mol. The average Bonchev–Trinajstić information content (AvgIpc) is 2.36. The summed E-state index contributed by atoms with van der Waals surface area (Å²) in [6, 6.07) is 9.30. The Labute approximate surface area is 130 Å². The van der Waals surface area contributed by atoms with Crippen LogP contribution in [0.4, 0.5) is 0 Å². The topological polar surface area (TPSA) is 12.0 Å². The Morgan fingerprint density at radius 2 is 2.26 bits per heavy atom. The number of rotatable bonds is 8. The quantitative estimate of drug-likeness (QED) is 0.660. The second-order valence-corrected chi connectivity index (χ2v) is 7.46. The third-order valence-electron chi connectivity index (χ3n) is 3.77. The predicted octanol–water partition coefficient (Wildman–Crippen LogP) is 5.10. The molecular weight excluding hydrogens is 318 g/mol. The van der Waals surface area contributed by atoms with Gasteiger partial charge >= 0.3 is 0 Å². The fraction of sp³-hybridized carbons (Fsp3) is 0.625. The summed E-state index contributed by atoms with van der Waals surface area (Å²) in [4.78, 5) is 1.37. The largest absolute Gasteiger partial charge is 0.313 e. The number of hydrogen-bond donors (Lipinski definition) is 1. The Bertz CT molecular complexity index is 379. The highest BCUT2D eigenvalue weighted by atomic mass is 79.9. The van der Waals surface area contributed by atoms with Crippen LogP contribution in [0.5, 0.6) is 0 Å². The van der Waals surface area contributed by atoms with Crippen molar-refractivity contribution in [2.45, 2.75) is 50.0 Å². The van der Waals surface area contributed by atoms with E-state index >= 15 is 0 Å². The van der Waals surface area contributed by atoms with Crippen molar-refractivity contribution in [3.63, 3.8) is 0 Å². The highest BCUT2D eigenvalue weighted by molar-refractivity contribution is 9.10. The van der Waals surface area contributed by atoms with Crippen molar-refractivity contribution in [1.82, 2.24) is 5.32 Å². The van der Waals surface area contributed by atoms with Crippen LogP contribution in [0.15, 0.2) is 33.6 Å². The van der Waals surface area contributed by atoms with Crippen molar-refractivity contribution in [3.05, 3.63) is 28.7 Å². The van der Waals surface area contributed by atoms with E-state index in [2.05, 4.69) is 52.4 Å². The molecule has 0 spiro atoms. The molecule has 0 amide bonds. The number of thioether (sulfide) groups is 1. The van der Waals surface area contributed by atoms with Gasteiger partial charge in [-0.3, -0.25) is 0 Å². The summed E-state index contributed by atoms with van der Waals surface area (Å²) in [6.07, 6.45) is 6.94. The van der Waals surface area contributed by atoms with Gasteiger partial charge in [0.1, 0.15) is 0 Å². The second-order valence-electron chi connectivity index (χ2n) is 5.45. The van der Waals surface area contributed by atoms with E-state index in [-0.39, 0.29) is 0 Å². The maximum atomic E-state index is 3.72. The molecule has 3 heteroatoms. The molecule has 1 aliphatic rings. The lowest BCUT2D eigenvalue weighted by molar-refractivity contribution is 0.268. The first-order valence-corrected chi connectivity index (χ1v) is 9.17. The molecule has 0 heterocycles. The van der Waals surface area contributed by atoms with E-state index in [0.717, 1.165) is 12.5 Å². The van der Waals surface area contributed by atoms with Crippen LogP contribution in [0.2, 0.25) is 0 Å². The van der Waals surface area contributed by atoms with Crippen LogP contribution in [0, 0.1) is 5.92 Å². The molecule has 1 unspecified atom stereocenters. The van der Waals surface area contributed by atoms with E-state index in [4.69, 9.17) is 0 Å². The fourth-order valence-electron chi connectivity index (χ4n) is 2.44. The van der Waals surface area contributed by atoms with Gasteiger partial charge < -0.3 is 5.32 Å². The zero-order valence-corrected chi connectivity index (χ0v) is 14.1. The van der Waals surface area contributed by atoms with Gasteiger partial charge in [0, 0.05) is 21.2 Å². The minimum absolute atomic E-state index is 0.675. The molecule has 1 aliphatic carbocycles. The second kappa shape index (κ2) is 8.33. The zero-order valence-electron chi connectivity index (χ0n) is 11.7. The molecule has 19 heavy (non-hydrogen) atoms. The molecule has 106 valence electrons. The minimum Gasteiger partial charge on any atom is -0.313 e. The molecule has 1 N–H and O–H groups in total. The normalized spacial score (nSPS) is 17.2. The summed E-state index contributed by atoms with van der Waals surface area (Å²) < 4.78 is 1.18. The fourth-order valence-corrected chi connectivity index (χ4v) is 4.03. The van der Waals surface area contributed by atoms with Gasteiger partial charge in [-0.2, -0.15) is 0 Å². The van der Waals surface area contributed by atoms with E-state index in [9.17, 15) is 0 Å². The summed E-state index contributed by atoms with van der Waals surface area (Å²) in [6.45, 7) is 3.39. The maximum absolute atomic E-state index is 3.72. The molecule has 1 aromatic rings. The Hall–Kier alpha value is 0.01000. The molecule has 1 atom stereocenters. The van der Waals surface area contributed by atoms with Crippen molar-refractivity contribution < 1.29 is 0 Å². The number of hydrogen-bond acceptors (Lipinski definition) is 2. The van der Waals surface area contributed by atoms with Gasteiger partial charge in [-0.05, 0) is 43.5 Å². The molecule has 1 aromatic carbocycles. The molecule has 0 radical (unpaired) electrons. The van der Waals surface area contributed by atoms with E-state index in [0.29, 0.717) is 6.04 Å². The third kappa shape index (κ3) is 5.49. The average molecular weight is 342 g/mol. The summed E-state index contributed by atoms with van der Waals surface area (Å²) in [7, 11) is 0. The molecule has 2 rings (SSSR count). The van der Waals surface area contributed by atoms with Gasteiger partial charge in [0.15, 0.2) is 0 Å². The molecule has 0 bridgehead atoms. The summed E-state index contributed by atoms with van der Waals surface area (Å²) in [5.41, 5.74) is 0. The van der Waals surface area contributed by atoms with Crippen LogP contribution >= 0.6 is 27.7 Å². The van der Waals surface area contributed by atoms with Crippen molar-refractivity contribution in [3.8, 4) is 0 Å². The number of halogens is 1. The standard InChI is InChI=1S/C16H24BrNS/c1-2-9-18-15(10-13-5-3-6-13)12-19-16-8-4-7-14(17)11-16/h4,7-8,11,13,15,18H,2-3,5-6,9-10,12H2,1H3. The van der Waals surface area contributed by atoms with Crippen molar-refractivity contribution in [1.29, 1.82) is 0 Å². The summed E-state index contributed by atoms with van der Waals surface area (Å²) in [5, 5.41) is 3.72. The lowest BCUT2D eigenvalue weighted by Gasteiger charge is -2.30. The Balaban J connectivity index is 1.80. The molecule has 1 saturated carbocycles. The van der Waals surface area contributed by atoms with Crippen LogP contribution in [0.3, 0.4) is 0 Å². The van der Waals surface area contributed by atoms with Crippen molar-refractivity contribution >= 4 is 27.7 Å². The molecule has 1 fully saturated rings. The Kier molecular flexibility index (Phi) is 6.75. The van der Waals surface area contributed by atoms with Crippen molar-refractivity contribution in [2.24, 2.45) is 5.92 Å². The first kappa shape index (κ1) is 15.4. The Morgan fingerprint density at radius 1 is 1.42 bits per heavy atom. The lowest BCUT2D eigenvalue weighted by atomic mass is 9.81. The minimum atomic E-state index is 0.675. The molecule has 0 saturated heterocycles. The Morgan fingerprint density at radius 3 is 2.89 bits per heavy atom. The van der Waals surface area contributed by atoms with Gasteiger partial charge in [0.05, 0.1) is 0 Å². The first-order chi connectivity index (χ1) is 9.28. The zero-order chi connectivity index (χ0) is 13.5. The first-order valence-electron chi connectivity index (χ1n) is 7.39. The van der Waals surface area contributed by atoms with E-state index in [1.165, 1.54) is 47.2 Å². The van der Waals surface area contributed by atoms with Crippen LogP contribution in [-0.2, 0) is 0 Å². The van der Waals surface area contributed by atoms with E-state index < -0.39 is 0 Å². The monoisotopic (exact) mass is 341 g/mol. The molecule has 1 nitrogen and oxygen atoms in total. The number of nitrogens with one attached hydrogen (secondary N) is 1. The summed E-state index contributed by atoms with van der Waals surface area (Å²) in [5.74, 6) is 2.17. The lowest BCUT2D eigenvalue weighted by Crippen LogP contribution is -2.35. The van der Waals surface area contributed by atoms with Crippen LogP contribution < -0.4 is 5.32 Å². The smallest absolute Gasteiger partial charge is 0.0186 e. The van der Waals surface area contributed by atoms with Gasteiger partial charge in [0.2, 0.25) is 0 Å². The molecular formula is C16H24BrNS. The van der Waals surface area contributed by atoms with Gasteiger partial charge in [-0.15, -0.1) is 11.8 Å². The van der Waals surface area contributed by atoms with Crippen LogP contribution in [0.1, 0.15) is 39.0 Å². The molecule has 0 aromatic heterocycles. The molecule has 0 aliphatic heterocycles. The van der Waals surface area contributed by atoms with Gasteiger partial charge in [0.25, 0.3) is 0 Å². The van der Waals surface area contributed by atoms with E-state index in [1.54, 1.807) is 0 Å². The third-order valence-corrected chi connectivity index (χ3v) is 5.42. The van der Waals surface area contributed by atoms with Gasteiger partial charge in [-0.25, -0.2) is 0 Å². The maximum Gasteiger partial charge on any atom is 0.0186 e. The SMILES string of the molecule is CCCNC(CSc1cccc(Br)c1)CC1CCC1. The van der Waals surface area contributed by atoms with Gasteiger partial charge in [-0.1, -0.05) is 48.2 Å². The highest BCUT2D eigenvalue weighted by Gasteiger charge is 2.21. The van der Waals surface area contributed by atoms with Crippen LogP contribution in [0.25, 0.3) is 0 Å². The van der Waals surface area contributed by atoms with E-state index in [1.807, 2.05) is 11.8 Å². The van der Waals surface area contributed by atoms with Crippen LogP contribution in [-0.4, -0.2) is 18.3 Å².